The summed E-state index contributed by atoms with van der Waals surface area (Å²) in [6.07, 6.45) is 5.34. The van der Waals surface area contributed by atoms with Gasteiger partial charge in [0.05, 0.1) is 6.17 Å². The Morgan fingerprint density at radius 1 is 1.38 bits per heavy atom. The van der Waals surface area contributed by atoms with Crippen molar-refractivity contribution in [1.82, 2.24) is 15.2 Å². The lowest BCUT2D eigenvalue weighted by Gasteiger charge is -2.39. The summed E-state index contributed by atoms with van der Waals surface area (Å²) >= 11 is 0. The van der Waals surface area contributed by atoms with Gasteiger partial charge in [0.15, 0.2) is 0 Å². The first-order valence-corrected chi connectivity index (χ1v) is 8.12. The zero-order valence-corrected chi connectivity index (χ0v) is 14.3. The van der Waals surface area contributed by atoms with Crippen LogP contribution in [0.3, 0.4) is 0 Å². The highest BCUT2D eigenvalue weighted by molar-refractivity contribution is 5.92. The lowest BCUT2D eigenvalue weighted by atomic mass is 10.0. The molecule has 1 unspecified atom stereocenters. The Kier molecular flexibility index (Phi) is 7.35. The molecule has 0 amide bonds. The maximum atomic E-state index is 7.87. The van der Waals surface area contributed by atoms with Crippen molar-refractivity contribution >= 4 is 5.71 Å². The Balaban J connectivity index is 2.54. The van der Waals surface area contributed by atoms with Gasteiger partial charge in [-0.25, -0.2) is 5.01 Å². The van der Waals surface area contributed by atoms with Crippen LogP contribution < -0.4 is 11.2 Å². The fourth-order valence-electron chi connectivity index (χ4n) is 2.58. The van der Waals surface area contributed by atoms with Gasteiger partial charge in [-0.15, -0.1) is 0 Å². The van der Waals surface area contributed by atoms with Crippen LogP contribution in [0, 0.1) is 11.3 Å². The highest BCUT2D eigenvalue weighted by Crippen LogP contribution is 2.17. The first-order valence-electron chi connectivity index (χ1n) is 8.12. The van der Waals surface area contributed by atoms with Crippen LogP contribution in [-0.4, -0.2) is 48.0 Å². The molecule has 4 N–H and O–H groups in total. The second kappa shape index (κ2) is 8.51. The van der Waals surface area contributed by atoms with Crippen LogP contribution in [0.4, 0.5) is 0 Å². The van der Waals surface area contributed by atoms with Gasteiger partial charge in [-0.1, -0.05) is 20.8 Å². The molecule has 0 saturated carbocycles. The zero-order valence-electron chi connectivity index (χ0n) is 14.3. The molecule has 21 heavy (non-hydrogen) atoms. The van der Waals surface area contributed by atoms with Crippen LogP contribution in [0.5, 0.6) is 0 Å². The fourth-order valence-corrected chi connectivity index (χ4v) is 2.58. The third kappa shape index (κ3) is 5.77. The minimum Gasteiger partial charge on any atom is -0.385 e. The van der Waals surface area contributed by atoms with Crippen molar-refractivity contribution in [2.24, 2.45) is 11.8 Å². The first kappa shape index (κ1) is 18.1. The van der Waals surface area contributed by atoms with E-state index in [9.17, 15) is 0 Å². The minimum absolute atomic E-state index is 0.291. The smallest absolute Gasteiger partial charge is 0.0723 e. The van der Waals surface area contributed by atoms with Crippen LogP contribution in [0.25, 0.3) is 0 Å². The average Bonchev–Trinajstić information content (AvgIpc) is 2.46. The standard InChI is InChI=1S/C16H33N5/c1-6-14(17)11-16(12(2)3)19-15-7-9-21(10-8-15)13(4)20(5)18/h11-13,15,17,19H,6-10,18H2,1-5H3/b16-11-,17-14?. The lowest BCUT2D eigenvalue weighted by Crippen LogP contribution is -2.53. The second-order valence-corrected chi connectivity index (χ2v) is 6.39. The Hall–Kier alpha value is -0.910. The van der Waals surface area contributed by atoms with Crippen molar-refractivity contribution in [1.29, 1.82) is 5.41 Å². The van der Waals surface area contributed by atoms with Crippen molar-refractivity contribution in [3.8, 4) is 0 Å². The Morgan fingerprint density at radius 2 is 1.95 bits per heavy atom. The van der Waals surface area contributed by atoms with E-state index in [4.69, 9.17) is 11.3 Å². The van der Waals surface area contributed by atoms with E-state index in [0.29, 0.717) is 23.8 Å². The molecule has 1 aliphatic heterocycles. The Labute approximate surface area is 130 Å². The normalized spacial score (nSPS) is 20.1. The molecule has 1 aliphatic rings. The molecule has 122 valence electrons. The topological polar surface area (TPSA) is 68.4 Å². The molecular formula is C16H33N5. The van der Waals surface area contributed by atoms with Crippen molar-refractivity contribution < 1.29 is 0 Å². The molecule has 0 aliphatic carbocycles. The number of piperidine rings is 1. The van der Waals surface area contributed by atoms with Gasteiger partial charge in [0.1, 0.15) is 0 Å². The van der Waals surface area contributed by atoms with E-state index in [1.807, 2.05) is 20.0 Å². The summed E-state index contributed by atoms with van der Waals surface area (Å²) in [5.41, 5.74) is 1.89. The van der Waals surface area contributed by atoms with E-state index >= 15 is 0 Å². The molecule has 1 atom stereocenters. The lowest BCUT2D eigenvalue weighted by molar-refractivity contribution is 0.0515. The van der Waals surface area contributed by atoms with E-state index in [1.165, 1.54) is 5.70 Å². The summed E-state index contributed by atoms with van der Waals surface area (Å²) in [4.78, 5) is 2.42. The number of nitrogens with one attached hydrogen (secondary N) is 2. The number of rotatable bonds is 7. The summed E-state index contributed by atoms with van der Waals surface area (Å²) in [6.45, 7) is 10.7. The molecule has 0 radical (unpaired) electrons. The predicted octanol–water partition coefficient (Wildman–Crippen LogP) is 2.16. The number of hydrogen-bond acceptors (Lipinski definition) is 5. The molecule has 0 aromatic heterocycles. The summed E-state index contributed by atoms with van der Waals surface area (Å²) in [5, 5.41) is 13.3. The van der Waals surface area contributed by atoms with Crippen molar-refractivity contribution in [2.75, 3.05) is 20.1 Å². The fraction of sp³-hybridized carbons (Fsp3) is 0.812. The van der Waals surface area contributed by atoms with Gasteiger partial charge in [0, 0.05) is 37.6 Å². The minimum atomic E-state index is 0.291. The summed E-state index contributed by atoms with van der Waals surface area (Å²) < 4.78 is 0. The number of hydrogen-bond donors (Lipinski definition) is 3. The van der Waals surface area contributed by atoms with Crippen molar-refractivity contribution in [3.63, 3.8) is 0 Å². The highest BCUT2D eigenvalue weighted by Gasteiger charge is 2.24. The van der Waals surface area contributed by atoms with E-state index in [1.54, 1.807) is 5.01 Å². The van der Waals surface area contributed by atoms with Gasteiger partial charge in [0.2, 0.25) is 0 Å². The third-order valence-corrected chi connectivity index (χ3v) is 4.35. The molecule has 0 aromatic carbocycles. The SMILES string of the molecule is CCC(=N)/C=C(\NC1CCN(C(C)N(C)N)CC1)C(C)C. The van der Waals surface area contributed by atoms with E-state index in [0.717, 1.165) is 32.4 Å². The Morgan fingerprint density at radius 3 is 2.38 bits per heavy atom. The molecule has 5 nitrogen and oxygen atoms in total. The summed E-state index contributed by atoms with van der Waals surface area (Å²) in [7, 11) is 1.92. The molecule has 0 spiro atoms. The van der Waals surface area contributed by atoms with Gasteiger partial charge >= 0.3 is 0 Å². The molecule has 5 heteroatoms. The van der Waals surface area contributed by atoms with E-state index < -0.39 is 0 Å². The van der Waals surface area contributed by atoms with Crippen LogP contribution in [0.15, 0.2) is 11.8 Å². The summed E-state index contributed by atoms with van der Waals surface area (Å²) in [5.74, 6) is 6.27. The monoisotopic (exact) mass is 295 g/mol. The number of nitrogens with two attached hydrogens (primary N) is 1. The molecule has 1 saturated heterocycles. The second-order valence-electron chi connectivity index (χ2n) is 6.39. The van der Waals surface area contributed by atoms with Gasteiger partial charge in [-0.05, 0) is 38.2 Å². The largest absolute Gasteiger partial charge is 0.385 e. The number of allylic oxidation sites excluding steroid dienone is 2. The quantitative estimate of drug-likeness (QED) is 0.382. The zero-order chi connectivity index (χ0) is 16.0. The molecule has 1 heterocycles. The number of hydrazine groups is 1. The molecular weight excluding hydrogens is 262 g/mol. The van der Waals surface area contributed by atoms with Crippen LogP contribution in [0.2, 0.25) is 0 Å². The molecule has 1 fully saturated rings. The van der Waals surface area contributed by atoms with Crippen molar-refractivity contribution in [2.45, 2.75) is 59.2 Å². The molecule has 0 aromatic rings. The first-order chi connectivity index (χ1) is 9.85. The molecule has 0 bridgehead atoms. The maximum Gasteiger partial charge on any atom is 0.0723 e. The average molecular weight is 295 g/mol. The van der Waals surface area contributed by atoms with Gasteiger partial charge in [0.25, 0.3) is 0 Å². The number of likely N-dealkylation sites (tertiary alicyclic amines) is 1. The maximum absolute atomic E-state index is 7.87. The predicted molar refractivity (Wildman–Crippen MR) is 90.1 cm³/mol. The third-order valence-electron chi connectivity index (χ3n) is 4.35. The summed E-state index contributed by atoms with van der Waals surface area (Å²) in [6, 6.07) is 0.509. The van der Waals surface area contributed by atoms with Gasteiger partial charge in [-0.3, -0.25) is 10.7 Å². The van der Waals surface area contributed by atoms with Gasteiger partial charge in [-0.2, -0.15) is 0 Å². The number of nitrogens with zero attached hydrogens (tertiary/aromatic N) is 2. The molecule has 1 rings (SSSR count). The van der Waals surface area contributed by atoms with Crippen LogP contribution in [0.1, 0.15) is 47.0 Å². The van der Waals surface area contributed by atoms with Crippen molar-refractivity contribution in [3.05, 3.63) is 11.8 Å². The van der Waals surface area contributed by atoms with E-state index in [-0.39, 0.29) is 0 Å². The van der Waals surface area contributed by atoms with E-state index in [2.05, 4.69) is 31.0 Å². The van der Waals surface area contributed by atoms with Crippen LogP contribution >= 0.6 is 0 Å². The Bertz CT molecular complexity index is 354. The highest BCUT2D eigenvalue weighted by atomic mass is 15.5. The van der Waals surface area contributed by atoms with Gasteiger partial charge < -0.3 is 10.7 Å². The van der Waals surface area contributed by atoms with Crippen LogP contribution in [-0.2, 0) is 0 Å².